The molecule has 5 rings (SSSR count). The Morgan fingerprint density at radius 2 is 1.87 bits per heavy atom. The molecule has 2 fully saturated rings. The number of benzene rings is 1. The van der Waals surface area contributed by atoms with Crippen LogP contribution in [0, 0.1) is 12.8 Å². The fourth-order valence-corrected chi connectivity index (χ4v) is 4.47. The van der Waals surface area contributed by atoms with Gasteiger partial charge in [0.05, 0.1) is 16.3 Å². The van der Waals surface area contributed by atoms with E-state index in [9.17, 15) is 13.2 Å². The molecule has 0 spiro atoms. The van der Waals surface area contributed by atoms with E-state index in [1.165, 1.54) is 6.26 Å². The highest BCUT2D eigenvalue weighted by atomic mass is 32.2. The molecule has 1 aromatic carbocycles. The minimum Gasteiger partial charge on any atom is -0.352 e. The minimum absolute atomic E-state index is 0.0466. The van der Waals surface area contributed by atoms with Crippen LogP contribution in [0.25, 0.3) is 11.2 Å². The van der Waals surface area contributed by atoms with Gasteiger partial charge in [-0.15, -0.1) is 0 Å². The van der Waals surface area contributed by atoms with Crippen LogP contribution in [0.5, 0.6) is 0 Å². The first kappa shape index (κ1) is 19.0. The van der Waals surface area contributed by atoms with Crippen LogP contribution in [0.2, 0.25) is 0 Å². The van der Waals surface area contributed by atoms with Crippen LogP contribution in [-0.2, 0) is 14.6 Å². The lowest BCUT2D eigenvalue weighted by Gasteiger charge is -2.14. The monoisotopic (exact) mass is 425 g/mol. The van der Waals surface area contributed by atoms with Crippen LogP contribution >= 0.6 is 0 Å². The number of nitrogens with zero attached hydrogens (tertiary/aromatic N) is 2. The number of imidazole rings is 1. The molecule has 3 aromatic rings. The molecule has 1 amide bonds. The van der Waals surface area contributed by atoms with Gasteiger partial charge in [0, 0.05) is 18.2 Å². The summed E-state index contributed by atoms with van der Waals surface area (Å²) in [6, 6.07) is 7.24. The summed E-state index contributed by atoms with van der Waals surface area (Å²) in [7, 11) is -3.44. The van der Waals surface area contributed by atoms with E-state index in [4.69, 9.17) is 0 Å². The maximum atomic E-state index is 12.5. The summed E-state index contributed by atoms with van der Waals surface area (Å²) in [4.78, 5) is 24.5. The molecule has 2 saturated carbocycles. The van der Waals surface area contributed by atoms with Crippen molar-refractivity contribution >= 4 is 44.1 Å². The molecule has 8 nitrogen and oxygen atoms in total. The van der Waals surface area contributed by atoms with Gasteiger partial charge in [0.2, 0.25) is 5.91 Å². The number of amides is 1. The van der Waals surface area contributed by atoms with Gasteiger partial charge in [-0.3, -0.25) is 4.79 Å². The molecule has 0 saturated heterocycles. The Morgan fingerprint density at radius 1 is 1.10 bits per heavy atom. The molecule has 0 bridgehead atoms. The summed E-state index contributed by atoms with van der Waals surface area (Å²) >= 11 is 0. The SMILES string of the molecule is Cc1nc2c(Nc3ccc(C4CC4)cc3S(C)(=O)=O)cc(NC(=O)C3CC3)nc2[nH]1. The van der Waals surface area contributed by atoms with Crippen LogP contribution in [-0.4, -0.2) is 35.5 Å². The van der Waals surface area contributed by atoms with Gasteiger partial charge >= 0.3 is 0 Å². The van der Waals surface area contributed by atoms with E-state index in [0.717, 1.165) is 31.2 Å². The zero-order valence-corrected chi connectivity index (χ0v) is 17.6. The Hall–Kier alpha value is -2.94. The molecule has 0 radical (unpaired) electrons. The van der Waals surface area contributed by atoms with Crippen LogP contribution in [0.4, 0.5) is 17.2 Å². The smallest absolute Gasteiger partial charge is 0.228 e. The summed E-state index contributed by atoms with van der Waals surface area (Å²) in [5.41, 5.74) is 3.23. The highest BCUT2D eigenvalue weighted by Gasteiger charge is 2.30. The largest absolute Gasteiger partial charge is 0.352 e. The van der Waals surface area contributed by atoms with Crippen molar-refractivity contribution < 1.29 is 13.2 Å². The Kier molecular flexibility index (Phi) is 4.32. The predicted octanol–water partition coefficient (Wildman–Crippen LogP) is 3.64. The summed E-state index contributed by atoms with van der Waals surface area (Å²) in [5, 5.41) is 6.08. The van der Waals surface area contributed by atoms with Gasteiger partial charge in [-0.2, -0.15) is 0 Å². The van der Waals surface area contributed by atoms with Gasteiger partial charge in [0.1, 0.15) is 17.2 Å². The molecule has 0 unspecified atom stereocenters. The molecule has 3 N–H and O–H groups in total. The Labute approximate surface area is 174 Å². The number of aromatic amines is 1. The molecule has 0 aliphatic heterocycles. The summed E-state index contributed by atoms with van der Waals surface area (Å²) < 4.78 is 24.9. The number of aromatic nitrogens is 3. The minimum atomic E-state index is -3.44. The molecule has 2 heterocycles. The van der Waals surface area contributed by atoms with Gasteiger partial charge in [0.15, 0.2) is 15.5 Å². The molecule has 2 aliphatic carbocycles. The van der Waals surface area contributed by atoms with Crippen LogP contribution in [0.15, 0.2) is 29.2 Å². The van der Waals surface area contributed by atoms with Crippen molar-refractivity contribution in [2.45, 2.75) is 43.4 Å². The first-order chi connectivity index (χ1) is 14.3. The average Bonchev–Trinajstić information content (AvgIpc) is 3.58. The molecule has 30 heavy (non-hydrogen) atoms. The maximum Gasteiger partial charge on any atom is 0.228 e. The van der Waals surface area contributed by atoms with Crippen molar-refractivity contribution in [3.05, 3.63) is 35.7 Å². The first-order valence-corrected chi connectivity index (χ1v) is 12.0. The number of carbonyl (C=O) groups is 1. The van der Waals surface area contributed by atoms with E-state index < -0.39 is 9.84 Å². The van der Waals surface area contributed by atoms with Crippen LogP contribution in [0.1, 0.15) is 43.0 Å². The predicted molar refractivity (Wildman–Crippen MR) is 115 cm³/mol. The van der Waals surface area contributed by atoms with Crippen molar-refractivity contribution in [1.82, 2.24) is 15.0 Å². The van der Waals surface area contributed by atoms with E-state index in [1.807, 2.05) is 13.0 Å². The van der Waals surface area contributed by atoms with Gasteiger partial charge in [-0.25, -0.2) is 18.4 Å². The van der Waals surface area contributed by atoms with Crippen molar-refractivity contribution in [3.63, 3.8) is 0 Å². The molecule has 2 aliphatic rings. The number of aryl methyl sites for hydroxylation is 1. The van der Waals surface area contributed by atoms with E-state index in [0.29, 0.717) is 40.1 Å². The van der Waals surface area contributed by atoms with Gasteiger partial charge in [0.25, 0.3) is 0 Å². The lowest BCUT2D eigenvalue weighted by Crippen LogP contribution is -2.14. The quantitative estimate of drug-likeness (QED) is 0.555. The maximum absolute atomic E-state index is 12.5. The number of rotatable bonds is 6. The van der Waals surface area contributed by atoms with E-state index in [2.05, 4.69) is 25.6 Å². The fourth-order valence-electron chi connectivity index (χ4n) is 3.60. The Bertz CT molecular complexity index is 1270. The lowest BCUT2D eigenvalue weighted by atomic mass is 10.1. The standard InChI is InChI=1S/C21H23N5O3S/c1-11-22-19-16(10-18(25-20(19)23-11)26-21(27)13-5-6-13)24-15-8-7-14(12-3-4-12)9-17(15)30(2,28)29/h7-10,12-13H,3-6H2,1-2H3,(H3,22,23,24,25,26,27). The number of carbonyl (C=O) groups excluding carboxylic acids is 1. The zero-order valence-electron chi connectivity index (χ0n) is 16.8. The molecular weight excluding hydrogens is 402 g/mol. The third-order valence-electron chi connectivity index (χ3n) is 5.49. The van der Waals surface area contributed by atoms with E-state index in [1.54, 1.807) is 18.2 Å². The number of anilines is 3. The Morgan fingerprint density at radius 3 is 2.53 bits per heavy atom. The van der Waals surface area contributed by atoms with Gasteiger partial charge < -0.3 is 15.6 Å². The van der Waals surface area contributed by atoms with E-state index in [-0.39, 0.29) is 16.7 Å². The number of hydrogen-bond donors (Lipinski definition) is 3. The number of hydrogen-bond acceptors (Lipinski definition) is 6. The molecule has 156 valence electrons. The number of H-pyrrole nitrogens is 1. The summed E-state index contributed by atoms with van der Waals surface area (Å²) in [6.45, 7) is 1.82. The first-order valence-electron chi connectivity index (χ1n) is 10.1. The highest BCUT2D eigenvalue weighted by molar-refractivity contribution is 7.90. The molecular formula is C21H23N5O3S. The second-order valence-electron chi connectivity index (χ2n) is 8.27. The second-order valence-corrected chi connectivity index (χ2v) is 10.2. The average molecular weight is 426 g/mol. The molecule has 2 aromatic heterocycles. The fraction of sp³-hybridized carbons (Fsp3) is 0.381. The number of pyridine rings is 1. The molecule has 9 heteroatoms. The van der Waals surface area contributed by atoms with Crippen molar-refractivity contribution in [2.24, 2.45) is 5.92 Å². The van der Waals surface area contributed by atoms with Crippen LogP contribution in [0.3, 0.4) is 0 Å². The number of sulfone groups is 1. The summed E-state index contributed by atoms with van der Waals surface area (Å²) in [6.07, 6.45) is 5.20. The highest BCUT2D eigenvalue weighted by Crippen LogP contribution is 2.42. The molecule has 0 atom stereocenters. The van der Waals surface area contributed by atoms with Gasteiger partial charge in [-0.05, 0) is 56.2 Å². The normalized spacial score (nSPS) is 16.6. The zero-order chi connectivity index (χ0) is 21.0. The third-order valence-corrected chi connectivity index (χ3v) is 6.63. The second kappa shape index (κ2) is 6.80. The summed E-state index contributed by atoms with van der Waals surface area (Å²) in [5.74, 6) is 1.54. The van der Waals surface area contributed by atoms with Crippen molar-refractivity contribution in [3.8, 4) is 0 Å². The number of fused-ring (bicyclic) bond motifs is 1. The van der Waals surface area contributed by atoms with Gasteiger partial charge in [-0.1, -0.05) is 6.07 Å². The topological polar surface area (TPSA) is 117 Å². The Balaban J connectivity index is 1.56. The third kappa shape index (κ3) is 3.77. The lowest BCUT2D eigenvalue weighted by molar-refractivity contribution is -0.117. The van der Waals surface area contributed by atoms with Crippen molar-refractivity contribution in [2.75, 3.05) is 16.9 Å². The van der Waals surface area contributed by atoms with E-state index >= 15 is 0 Å². The van der Waals surface area contributed by atoms with Crippen molar-refractivity contribution in [1.29, 1.82) is 0 Å². The van der Waals surface area contributed by atoms with Crippen LogP contribution < -0.4 is 10.6 Å². The number of nitrogens with one attached hydrogen (secondary N) is 3.